The van der Waals surface area contributed by atoms with Gasteiger partial charge in [0.1, 0.15) is 17.7 Å². The Balaban J connectivity index is 2.07. The first-order valence-corrected chi connectivity index (χ1v) is 14.1. The lowest BCUT2D eigenvalue weighted by Gasteiger charge is -2.36. The molecule has 0 aliphatic heterocycles. The molecule has 0 fully saturated rings. The zero-order valence-electron chi connectivity index (χ0n) is 25.3. The SMILES string of the molecule is C=CCN(C(=O)C(NC(=O)OC(C)(C)C)C(C)CC)C(C(=O)Nc1ccc2ccccc2c1)c1cc(C)ccc1C. The van der Waals surface area contributed by atoms with Crippen LogP contribution in [0.4, 0.5) is 10.5 Å². The summed E-state index contributed by atoms with van der Waals surface area (Å²) in [6, 6.07) is 17.6. The highest BCUT2D eigenvalue weighted by Crippen LogP contribution is 2.30. The van der Waals surface area contributed by atoms with E-state index in [0.29, 0.717) is 17.7 Å². The summed E-state index contributed by atoms with van der Waals surface area (Å²) in [5.74, 6) is -0.959. The molecule has 3 rings (SSSR count). The minimum atomic E-state index is -0.973. The molecule has 0 aliphatic rings. The van der Waals surface area contributed by atoms with Crippen molar-refractivity contribution < 1.29 is 19.1 Å². The Morgan fingerprint density at radius 2 is 1.68 bits per heavy atom. The van der Waals surface area contributed by atoms with Gasteiger partial charge in [0.25, 0.3) is 5.91 Å². The summed E-state index contributed by atoms with van der Waals surface area (Å²) in [5.41, 5.74) is 2.44. The van der Waals surface area contributed by atoms with Crippen LogP contribution >= 0.6 is 0 Å². The number of rotatable bonds is 10. The van der Waals surface area contributed by atoms with Crippen molar-refractivity contribution >= 4 is 34.4 Å². The number of anilines is 1. The lowest BCUT2D eigenvalue weighted by atomic mass is 9.93. The van der Waals surface area contributed by atoms with Gasteiger partial charge in [-0.3, -0.25) is 9.59 Å². The molecule has 0 spiro atoms. The molecule has 0 aliphatic carbocycles. The third-order valence-corrected chi connectivity index (χ3v) is 7.07. The molecule has 0 radical (unpaired) electrons. The number of nitrogens with zero attached hydrogens (tertiary/aromatic N) is 1. The molecule has 3 amide bonds. The number of carbonyl (C=O) groups is 3. The third-order valence-electron chi connectivity index (χ3n) is 7.07. The Hall–Kier alpha value is -4.13. The Morgan fingerprint density at radius 3 is 2.32 bits per heavy atom. The van der Waals surface area contributed by atoms with Crippen molar-refractivity contribution in [1.82, 2.24) is 10.2 Å². The fourth-order valence-corrected chi connectivity index (χ4v) is 4.74. The van der Waals surface area contributed by atoms with Crippen LogP contribution in [0, 0.1) is 19.8 Å². The molecule has 2 N–H and O–H groups in total. The fraction of sp³-hybridized carbons (Fsp3) is 0.382. The van der Waals surface area contributed by atoms with E-state index < -0.39 is 23.8 Å². The van der Waals surface area contributed by atoms with E-state index in [9.17, 15) is 14.4 Å². The minimum Gasteiger partial charge on any atom is -0.444 e. The zero-order chi connectivity index (χ0) is 30.3. The highest BCUT2D eigenvalue weighted by Gasteiger charge is 2.38. The Kier molecular flexibility index (Phi) is 10.3. The molecule has 3 atom stereocenters. The number of alkyl carbamates (subject to hydrolysis) is 1. The van der Waals surface area contributed by atoms with Gasteiger partial charge in [-0.2, -0.15) is 0 Å². The molecule has 0 bridgehead atoms. The molecule has 7 nitrogen and oxygen atoms in total. The van der Waals surface area contributed by atoms with E-state index in [1.54, 1.807) is 26.8 Å². The van der Waals surface area contributed by atoms with Crippen molar-refractivity contribution in [2.45, 2.75) is 72.6 Å². The number of nitrogens with one attached hydrogen (secondary N) is 2. The number of aryl methyl sites for hydroxylation is 2. The summed E-state index contributed by atoms with van der Waals surface area (Å²) >= 11 is 0. The summed E-state index contributed by atoms with van der Waals surface area (Å²) in [7, 11) is 0. The van der Waals surface area contributed by atoms with Gasteiger partial charge in [0, 0.05) is 12.2 Å². The van der Waals surface area contributed by atoms with Gasteiger partial charge >= 0.3 is 6.09 Å². The van der Waals surface area contributed by atoms with Crippen LogP contribution in [0.3, 0.4) is 0 Å². The summed E-state index contributed by atoms with van der Waals surface area (Å²) in [5, 5.41) is 7.89. The van der Waals surface area contributed by atoms with E-state index in [0.717, 1.165) is 21.9 Å². The maximum absolute atomic E-state index is 14.3. The second-order valence-electron chi connectivity index (χ2n) is 11.6. The second kappa shape index (κ2) is 13.5. The lowest BCUT2D eigenvalue weighted by molar-refractivity contribution is -0.141. The molecule has 3 aromatic rings. The zero-order valence-corrected chi connectivity index (χ0v) is 25.3. The predicted molar refractivity (Wildman–Crippen MR) is 166 cm³/mol. The smallest absolute Gasteiger partial charge is 0.408 e. The number of fused-ring (bicyclic) bond motifs is 1. The van der Waals surface area contributed by atoms with E-state index in [1.807, 2.05) is 88.4 Å². The van der Waals surface area contributed by atoms with Crippen molar-refractivity contribution in [3.63, 3.8) is 0 Å². The second-order valence-corrected chi connectivity index (χ2v) is 11.6. The largest absolute Gasteiger partial charge is 0.444 e. The third kappa shape index (κ3) is 8.19. The highest BCUT2D eigenvalue weighted by molar-refractivity contribution is 6.00. The molecule has 0 saturated heterocycles. The maximum Gasteiger partial charge on any atom is 0.408 e. The van der Waals surface area contributed by atoms with Crippen LogP contribution in [-0.2, 0) is 14.3 Å². The van der Waals surface area contributed by atoms with Gasteiger partial charge < -0.3 is 20.3 Å². The molecule has 3 aromatic carbocycles. The number of amides is 3. The Labute approximate surface area is 244 Å². The van der Waals surface area contributed by atoms with Gasteiger partial charge in [-0.15, -0.1) is 6.58 Å². The number of ether oxygens (including phenoxy) is 1. The first kappa shape index (κ1) is 31.4. The van der Waals surface area contributed by atoms with Crippen LogP contribution in [0.15, 0.2) is 73.3 Å². The van der Waals surface area contributed by atoms with Gasteiger partial charge in [-0.25, -0.2) is 4.79 Å². The predicted octanol–water partition coefficient (Wildman–Crippen LogP) is 7.09. The van der Waals surface area contributed by atoms with E-state index in [2.05, 4.69) is 17.2 Å². The standard InChI is InChI=1S/C34H43N3O4/c1-9-19-37(32(39)29(23(4)10-2)36-33(40)41-34(6,7)8)30(28-20-22(3)15-16-24(28)5)31(38)35-27-18-17-25-13-11-12-14-26(25)21-27/h9,11-18,20-21,23,29-30H,1,10,19H2,2-8H3,(H,35,38)(H,36,40). The number of benzene rings is 3. The van der Waals surface area contributed by atoms with E-state index in [4.69, 9.17) is 4.74 Å². The van der Waals surface area contributed by atoms with Crippen LogP contribution in [0.1, 0.15) is 63.8 Å². The van der Waals surface area contributed by atoms with Crippen LogP contribution in [0.5, 0.6) is 0 Å². The molecule has 0 saturated carbocycles. The fourth-order valence-electron chi connectivity index (χ4n) is 4.74. The van der Waals surface area contributed by atoms with Crippen molar-refractivity contribution in [2.75, 3.05) is 11.9 Å². The van der Waals surface area contributed by atoms with Gasteiger partial charge in [0.05, 0.1) is 0 Å². The van der Waals surface area contributed by atoms with Gasteiger partial charge in [-0.05, 0) is 74.6 Å². The van der Waals surface area contributed by atoms with E-state index >= 15 is 0 Å². The number of hydrogen-bond acceptors (Lipinski definition) is 4. The molecular weight excluding hydrogens is 514 g/mol. The summed E-state index contributed by atoms with van der Waals surface area (Å²) < 4.78 is 5.47. The van der Waals surface area contributed by atoms with E-state index in [1.165, 1.54) is 4.90 Å². The highest BCUT2D eigenvalue weighted by atomic mass is 16.6. The Bertz CT molecular complexity index is 1410. The van der Waals surface area contributed by atoms with Crippen molar-refractivity contribution in [3.05, 3.63) is 90.0 Å². The van der Waals surface area contributed by atoms with Crippen molar-refractivity contribution in [1.29, 1.82) is 0 Å². The Morgan fingerprint density at radius 1 is 1.00 bits per heavy atom. The van der Waals surface area contributed by atoms with Crippen molar-refractivity contribution in [3.8, 4) is 0 Å². The monoisotopic (exact) mass is 557 g/mol. The van der Waals surface area contributed by atoms with Crippen LogP contribution in [-0.4, -0.2) is 41.0 Å². The summed E-state index contributed by atoms with van der Waals surface area (Å²) in [4.78, 5) is 42.8. The van der Waals surface area contributed by atoms with Crippen LogP contribution < -0.4 is 10.6 Å². The van der Waals surface area contributed by atoms with Gasteiger partial charge in [0.2, 0.25) is 5.91 Å². The summed E-state index contributed by atoms with van der Waals surface area (Å²) in [6.07, 6.45) is 1.55. The van der Waals surface area contributed by atoms with Crippen LogP contribution in [0.25, 0.3) is 10.8 Å². The lowest BCUT2D eigenvalue weighted by Crippen LogP contribution is -2.54. The van der Waals surface area contributed by atoms with Crippen molar-refractivity contribution in [2.24, 2.45) is 5.92 Å². The molecule has 0 aromatic heterocycles. The average Bonchev–Trinajstić information content (AvgIpc) is 2.91. The van der Waals surface area contributed by atoms with Gasteiger partial charge in [-0.1, -0.05) is 80.4 Å². The topological polar surface area (TPSA) is 87.7 Å². The van der Waals surface area contributed by atoms with E-state index in [-0.39, 0.29) is 24.3 Å². The molecule has 41 heavy (non-hydrogen) atoms. The first-order valence-electron chi connectivity index (χ1n) is 14.1. The van der Waals surface area contributed by atoms with Crippen LogP contribution in [0.2, 0.25) is 0 Å². The molecule has 0 heterocycles. The number of carbonyl (C=O) groups excluding carboxylic acids is 3. The number of hydrogen-bond donors (Lipinski definition) is 2. The maximum atomic E-state index is 14.3. The molecule has 218 valence electrons. The first-order chi connectivity index (χ1) is 19.3. The average molecular weight is 558 g/mol. The summed E-state index contributed by atoms with van der Waals surface area (Å²) in [6.45, 7) is 17.0. The van der Waals surface area contributed by atoms with Gasteiger partial charge in [0.15, 0.2) is 0 Å². The molecular formula is C34H43N3O4. The normalized spacial score (nSPS) is 13.5. The molecule has 3 unspecified atom stereocenters. The quantitative estimate of drug-likeness (QED) is 0.261. The molecule has 7 heteroatoms. The minimum absolute atomic E-state index is 0.102.